The molecule has 0 radical (unpaired) electrons. The zero-order valence-electron chi connectivity index (χ0n) is 17.0. The van der Waals surface area contributed by atoms with Gasteiger partial charge in [-0.3, -0.25) is 0 Å². The minimum Gasteiger partial charge on any atom is -0.334 e. The Morgan fingerprint density at radius 3 is 2.46 bits per heavy atom. The highest BCUT2D eigenvalue weighted by atomic mass is 15.1. The second kappa shape index (κ2) is 8.68. The van der Waals surface area contributed by atoms with Crippen LogP contribution in [0.25, 0.3) is 21.8 Å². The van der Waals surface area contributed by atoms with E-state index in [0.29, 0.717) is 0 Å². The molecule has 0 aliphatic rings. The van der Waals surface area contributed by atoms with Crippen molar-refractivity contribution in [1.29, 1.82) is 0 Å². The van der Waals surface area contributed by atoms with E-state index in [2.05, 4.69) is 78.3 Å². The molecule has 0 spiro atoms. The number of aryl methyl sites for hydroxylation is 2. The number of benzene rings is 1. The predicted octanol–water partition coefficient (Wildman–Crippen LogP) is 4.92. The molecule has 0 fully saturated rings. The van der Waals surface area contributed by atoms with E-state index in [9.17, 15) is 0 Å². The van der Waals surface area contributed by atoms with E-state index in [4.69, 9.17) is 0 Å². The highest BCUT2D eigenvalue weighted by molar-refractivity contribution is 6.08. The Morgan fingerprint density at radius 2 is 1.73 bits per heavy atom. The van der Waals surface area contributed by atoms with Gasteiger partial charge < -0.3 is 9.47 Å². The van der Waals surface area contributed by atoms with Crippen LogP contribution in [0.3, 0.4) is 0 Å². The molecule has 3 rings (SSSR count). The topological polar surface area (TPSA) is 12.0 Å². The van der Waals surface area contributed by atoms with Crippen LogP contribution in [-0.2, 0) is 13.1 Å². The van der Waals surface area contributed by atoms with Crippen LogP contribution in [-0.4, -0.2) is 29.1 Å². The second-order valence-electron chi connectivity index (χ2n) is 7.26. The number of fused-ring (bicyclic) bond motifs is 3. The van der Waals surface area contributed by atoms with Gasteiger partial charge >= 0.3 is 0 Å². The molecule has 1 aromatic carbocycles. The van der Waals surface area contributed by atoms with Gasteiger partial charge in [0.2, 0.25) is 5.69 Å². The molecule has 26 heavy (non-hydrogen) atoms. The summed E-state index contributed by atoms with van der Waals surface area (Å²) < 4.78 is 5.00. The number of rotatable bonds is 9. The molecule has 3 nitrogen and oxygen atoms in total. The molecule has 0 saturated carbocycles. The molecule has 0 amide bonds. The molecule has 0 aliphatic heterocycles. The Balaban J connectivity index is 2.07. The van der Waals surface area contributed by atoms with E-state index in [1.807, 2.05) is 0 Å². The maximum Gasteiger partial charge on any atom is 0.202 e. The molecular weight excluding hydrogens is 318 g/mol. The summed E-state index contributed by atoms with van der Waals surface area (Å²) in [6, 6.07) is 11.2. The minimum absolute atomic E-state index is 1.05. The van der Waals surface area contributed by atoms with Gasteiger partial charge in [0.15, 0.2) is 6.20 Å². The molecule has 0 aliphatic carbocycles. The highest BCUT2D eigenvalue weighted by Crippen LogP contribution is 2.29. The van der Waals surface area contributed by atoms with Gasteiger partial charge in [0.25, 0.3) is 0 Å². The summed E-state index contributed by atoms with van der Waals surface area (Å²) in [5.41, 5.74) is 4.18. The lowest BCUT2D eigenvalue weighted by Crippen LogP contribution is -2.37. The summed E-state index contributed by atoms with van der Waals surface area (Å²) in [5, 5.41) is 2.77. The predicted molar refractivity (Wildman–Crippen MR) is 112 cm³/mol. The Hall–Kier alpha value is -1.87. The van der Waals surface area contributed by atoms with Crippen molar-refractivity contribution in [3.63, 3.8) is 0 Å². The van der Waals surface area contributed by atoms with Crippen molar-refractivity contribution >= 4 is 21.8 Å². The zero-order valence-corrected chi connectivity index (χ0v) is 17.0. The number of para-hydroxylation sites is 1. The number of likely N-dealkylation sites (N-methyl/N-ethyl adjacent to an activating group) is 1. The molecule has 3 heteroatoms. The van der Waals surface area contributed by atoms with Crippen LogP contribution in [0.15, 0.2) is 36.5 Å². The van der Waals surface area contributed by atoms with Crippen molar-refractivity contribution in [2.24, 2.45) is 0 Å². The first-order chi connectivity index (χ1) is 12.7. The average molecular weight is 353 g/mol. The lowest BCUT2D eigenvalue weighted by Gasteiger charge is -2.19. The third kappa shape index (κ3) is 3.64. The third-order valence-electron chi connectivity index (χ3n) is 5.74. The Kier molecular flexibility index (Phi) is 6.31. The van der Waals surface area contributed by atoms with Crippen molar-refractivity contribution in [2.45, 2.75) is 60.0 Å². The monoisotopic (exact) mass is 352 g/mol. The molecule has 0 N–H and O–H groups in total. The highest BCUT2D eigenvalue weighted by Gasteiger charge is 2.19. The van der Waals surface area contributed by atoms with E-state index in [1.165, 1.54) is 46.8 Å². The molecular formula is C23H34N3+. The fourth-order valence-electron chi connectivity index (χ4n) is 4.09. The van der Waals surface area contributed by atoms with Crippen LogP contribution >= 0.6 is 0 Å². The van der Waals surface area contributed by atoms with E-state index < -0.39 is 0 Å². The van der Waals surface area contributed by atoms with Crippen molar-refractivity contribution in [3.8, 4) is 0 Å². The fraction of sp³-hybridized carbons (Fsp3) is 0.522. The number of hydrogen-bond acceptors (Lipinski definition) is 1. The van der Waals surface area contributed by atoms with Crippen LogP contribution < -0.4 is 4.57 Å². The van der Waals surface area contributed by atoms with Gasteiger partial charge in [0.05, 0.1) is 0 Å². The standard InChI is InChI=1S/C23H34N3/c1-5-8-11-15-25-16-14-21-20-12-9-10-13-22(20)26(23(21)19(25)4)18-17-24(6-2)7-3/h9-10,12-14,16H,5-8,11,15,17-18H2,1-4H3/q+1. The average Bonchev–Trinajstić information content (AvgIpc) is 2.99. The first kappa shape index (κ1) is 18.9. The van der Waals surface area contributed by atoms with Crippen LogP contribution in [0, 0.1) is 6.92 Å². The first-order valence-corrected chi connectivity index (χ1v) is 10.3. The molecule has 2 aromatic heterocycles. The number of aromatic nitrogens is 2. The van der Waals surface area contributed by atoms with Gasteiger partial charge in [-0.15, -0.1) is 0 Å². The molecule has 0 unspecified atom stereocenters. The minimum atomic E-state index is 1.05. The maximum atomic E-state index is 2.55. The van der Waals surface area contributed by atoms with E-state index in [-0.39, 0.29) is 0 Å². The van der Waals surface area contributed by atoms with Crippen LogP contribution in [0.5, 0.6) is 0 Å². The van der Waals surface area contributed by atoms with Crippen molar-refractivity contribution in [3.05, 3.63) is 42.2 Å². The summed E-state index contributed by atoms with van der Waals surface area (Å²) in [7, 11) is 0. The number of nitrogens with zero attached hydrogens (tertiary/aromatic N) is 3. The van der Waals surface area contributed by atoms with Gasteiger partial charge in [-0.05, 0) is 25.6 Å². The molecule has 0 bridgehead atoms. The number of pyridine rings is 1. The maximum absolute atomic E-state index is 2.55. The second-order valence-corrected chi connectivity index (χ2v) is 7.26. The van der Waals surface area contributed by atoms with Crippen LogP contribution in [0.2, 0.25) is 0 Å². The number of hydrogen-bond donors (Lipinski definition) is 0. The van der Waals surface area contributed by atoms with Gasteiger partial charge in [-0.1, -0.05) is 45.4 Å². The van der Waals surface area contributed by atoms with Crippen LogP contribution in [0.1, 0.15) is 45.7 Å². The normalized spacial score (nSPS) is 11.9. The summed E-state index contributed by atoms with van der Waals surface area (Å²) in [5.74, 6) is 0. The fourth-order valence-corrected chi connectivity index (χ4v) is 4.09. The van der Waals surface area contributed by atoms with Crippen molar-refractivity contribution < 1.29 is 4.57 Å². The largest absolute Gasteiger partial charge is 0.334 e. The lowest BCUT2D eigenvalue weighted by molar-refractivity contribution is -0.701. The van der Waals surface area contributed by atoms with Gasteiger partial charge in [-0.25, -0.2) is 4.57 Å². The molecule has 0 saturated heterocycles. The van der Waals surface area contributed by atoms with E-state index in [0.717, 1.165) is 32.7 Å². The summed E-state index contributed by atoms with van der Waals surface area (Å²) >= 11 is 0. The molecule has 0 atom stereocenters. The number of unbranched alkanes of at least 4 members (excludes halogenated alkanes) is 2. The smallest absolute Gasteiger partial charge is 0.202 e. The zero-order chi connectivity index (χ0) is 18.5. The van der Waals surface area contributed by atoms with Crippen molar-refractivity contribution in [2.75, 3.05) is 19.6 Å². The van der Waals surface area contributed by atoms with E-state index >= 15 is 0 Å². The Morgan fingerprint density at radius 1 is 0.962 bits per heavy atom. The van der Waals surface area contributed by atoms with Gasteiger partial charge in [0, 0.05) is 48.8 Å². The summed E-state index contributed by atoms with van der Waals surface area (Å²) in [6.45, 7) is 14.6. The van der Waals surface area contributed by atoms with Gasteiger partial charge in [0.1, 0.15) is 12.1 Å². The molecule has 2 heterocycles. The Bertz CT molecular complexity index is 859. The third-order valence-corrected chi connectivity index (χ3v) is 5.74. The quantitative estimate of drug-likeness (QED) is 0.393. The molecule has 3 aromatic rings. The van der Waals surface area contributed by atoms with E-state index in [1.54, 1.807) is 0 Å². The van der Waals surface area contributed by atoms with Crippen LogP contribution in [0.4, 0.5) is 0 Å². The SMILES string of the molecule is CCCCC[n+]1ccc2c3ccccc3n(CCN(CC)CC)c2c1C. The Labute approximate surface area is 158 Å². The summed E-state index contributed by atoms with van der Waals surface area (Å²) in [4.78, 5) is 2.51. The van der Waals surface area contributed by atoms with Crippen molar-refractivity contribution in [1.82, 2.24) is 9.47 Å². The summed E-state index contributed by atoms with van der Waals surface area (Å²) in [6.07, 6.45) is 6.11. The first-order valence-electron chi connectivity index (χ1n) is 10.3. The molecule has 140 valence electrons. The van der Waals surface area contributed by atoms with Gasteiger partial charge in [-0.2, -0.15) is 0 Å². The lowest BCUT2D eigenvalue weighted by atomic mass is 10.1.